The van der Waals surface area contributed by atoms with Crippen LogP contribution < -0.4 is 0 Å². The maximum atomic E-state index is 12.6. The molecule has 2 rings (SSSR count). The SMILES string of the molecule is Cc1ccc(C#N)cc1S(=O)(=O)N1CCC(C(=O)O)CC1. The highest BCUT2D eigenvalue weighted by molar-refractivity contribution is 7.89. The summed E-state index contributed by atoms with van der Waals surface area (Å²) in [5.41, 5.74) is 0.869. The third-order valence-electron chi connectivity index (χ3n) is 3.74. The van der Waals surface area contributed by atoms with Crippen LogP contribution in [-0.2, 0) is 14.8 Å². The third-order valence-corrected chi connectivity index (χ3v) is 5.78. The van der Waals surface area contributed by atoms with Gasteiger partial charge in [0, 0.05) is 13.1 Å². The predicted molar refractivity (Wildman–Crippen MR) is 75.0 cm³/mol. The zero-order chi connectivity index (χ0) is 15.6. The van der Waals surface area contributed by atoms with Crippen molar-refractivity contribution in [3.05, 3.63) is 29.3 Å². The summed E-state index contributed by atoms with van der Waals surface area (Å²) in [5.74, 6) is -1.36. The van der Waals surface area contributed by atoms with Gasteiger partial charge in [-0.2, -0.15) is 9.57 Å². The summed E-state index contributed by atoms with van der Waals surface area (Å²) >= 11 is 0. The van der Waals surface area contributed by atoms with Crippen molar-refractivity contribution in [1.29, 1.82) is 5.26 Å². The molecule has 1 aliphatic heterocycles. The van der Waals surface area contributed by atoms with Gasteiger partial charge in [0.1, 0.15) is 0 Å². The quantitative estimate of drug-likeness (QED) is 0.908. The number of nitrogens with zero attached hydrogens (tertiary/aromatic N) is 2. The molecular weight excluding hydrogens is 292 g/mol. The standard InChI is InChI=1S/C14H16N2O4S/c1-10-2-3-11(9-15)8-13(10)21(19,20)16-6-4-12(5-7-16)14(17)18/h2-3,8,12H,4-7H2,1H3,(H,17,18). The van der Waals surface area contributed by atoms with Crippen LogP contribution in [0.5, 0.6) is 0 Å². The first-order valence-electron chi connectivity index (χ1n) is 6.60. The number of aryl methyl sites for hydroxylation is 1. The Hall–Kier alpha value is -1.91. The molecule has 1 aromatic rings. The molecule has 1 aliphatic rings. The van der Waals surface area contributed by atoms with E-state index in [1.54, 1.807) is 19.1 Å². The Bertz CT molecular complexity index is 698. The van der Waals surface area contributed by atoms with Crippen LogP contribution in [0.4, 0.5) is 0 Å². The number of rotatable bonds is 3. The van der Waals surface area contributed by atoms with Crippen LogP contribution in [-0.4, -0.2) is 36.9 Å². The lowest BCUT2D eigenvalue weighted by atomic mass is 9.99. The largest absolute Gasteiger partial charge is 0.481 e. The highest BCUT2D eigenvalue weighted by Crippen LogP contribution is 2.26. The molecule has 0 bridgehead atoms. The molecule has 0 aliphatic carbocycles. The number of aliphatic carboxylic acids is 1. The molecule has 0 aromatic heterocycles. The first kappa shape index (κ1) is 15.5. The van der Waals surface area contributed by atoms with Gasteiger partial charge in [0.05, 0.1) is 22.4 Å². The van der Waals surface area contributed by atoms with Crippen molar-refractivity contribution >= 4 is 16.0 Å². The number of hydrogen-bond donors (Lipinski definition) is 1. The van der Waals surface area contributed by atoms with Crippen molar-refractivity contribution in [2.75, 3.05) is 13.1 Å². The first-order chi connectivity index (χ1) is 9.86. The highest BCUT2D eigenvalue weighted by Gasteiger charge is 2.32. The summed E-state index contributed by atoms with van der Waals surface area (Å²) in [6, 6.07) is 6.48. The summed E-state index contributed by atoms with van der Waals surface area (Å²) in [6.45, 7) is 2.06. The summed E-state index contributed by atoms with van der Waals surface area (Å²) in [4.78, 5) is 11.0. The van der Waals surface area contributed by atoms with E-state index < -0.39 is 21.9 Å². The second-order valence-corrected chi connectivity index (χ2v) is 7.02. The second-order valence-electron chi connectivity index (χ2n) is 5.11. The number of hydrogen-bond acceptors (Lipinski definition) is 4. The molecule has 1 fully saturated rings. The molecule has 1 saturated heterocycles. The Labute approximate surface area is 123 Å². The zero-order valence-corrected chi connectivity index (χ0v) is 12.4. The number of carboxylic acids is 1. The Balaban J connectivity index is 2.28. The first-order valence-corrected chi connectivity index (χ1v) is 8.04. The fourth-order valence-corrected chi connectivity index (χ4v) is 4.15. The molecule has 0 atom stereocenters. The molecular formula is C14H16N2O4S. The molecule has 1 N–H and O–H groups in total. The van der Waals surface area contributed by atoms with Gasteiger partial charge in [-0.15, -0.1) is 0 Å². The Morgan fingerprint density at radius 3 is 2.52 bits per heavy atom. The maximum Gasteiger partial charge on any atom is 0.306 e. The normalized spacial score (nSPS) is 17.3. The summed E-state index contributed by atoms with van der Waals surface area (Å²) in [6.07, 6.45) is 0.622. The maximum absolute atomic E-state index is 12.6. The molecule has 6 nitrogen and oxygen atoms in total. The van der Waals surface area contributed by atoms with Crippen LogP contribution in [0, 0.1) is 24.2 Å². The molecule has 0 saturated carbocycles. The fraction of sp³-hybridized carbons (Fsp3) is 0.429. The van der Waals surface area contributed by atoms with Gasteiger partial charge in [-0.3, -0.25) is 4.79 Å². The molecule has 1 heterocycles. The number of carboxylic acid groups (broad SMARTS) is 1. The number of nitriles is 1. The Morgan fingerprint density at radius 2 is 2.00 bits per heavy atom. The minimum atomic E-state index is -3.69. The van der Waals surface area contributed by atoms with E-state index in [9.17, 15) is 13.2 Å². The van der Waals surface area contributed by atoms with Gasteiger partial charge >= 0.3 is 5.97 Å². The Morgan fingerprint density at radius 1 is 1.38 bits per heavy atom. The van der Waals surface area contributed by atoms with E-state index in [1.165, 1.54) is 10.4 Å². The van der Waals surface area contributed by atoms with E-state index in [0.717, 1.165) is 0 Å². The number of carbonyl (C=O) groups is 1. The van der Waals surface area contributed by atoms with E-state index in [1.807, 2.05) is 6.07 Å². The minimum absolute atomic E-state index is 0.121. The van der Waals surface area contributed by atoms with E-state index in [2.05, 4.69) is 0 Å². The molecule has 21 heavy (non-hydrogen) atoms. The minimum Gasteiger partial charge on any atom is -0.481 e. The van der Waals surface area contributed by atoms with Crippen LogP contribution in [0.15, 0.2) is 23.1 Å². The van der Waals surface area contributed by atoms with Gasteiger partial charge in [0.2, 0.25) is 10.0 Å². The molecule has 1 aromatic carbocycles. The summed E-state index contributed by atoms with van der Waals surface area (Å²) in [5, 5.41) is 17.9. The average molecular weight is 308 g/mol. The van der Waals surface area contributed by atoms with Gasteiger partial charge in [0.15, 0.2) is 0 Å². The number of sulfonamides is 1. The van der Waals surface area contributed by atoms with Gasteiger partial charge < -0.3 is 5.11 Å². The van der Waals surface area contributed by atoms with E-state index >= 15 is 0 Å². The molecule has 0 radical (unpaired) electrons. The van der Waals surface area contributed by atoms with Crippen LogP contribution >= 0.6 is 0 Å². The zero-order valence-electron chi connectivity index (χ0n) is 11.6. The third kappa shape index (κ3) is 3.06. The van der Waals surface area contributed by atoms with E-state index in [-0.39, 0.29) is 18.0 Å². The average Bonchev–Trinajstić information content (AvgIpc) is 2.47. The number of piperidine rings is 1. The smallest absolute Gasteiger partial charge is 0.306 e. The molecule has 112 valence electrons. The highest BCUT2D eigenvalue weighted by atomic mass is 32.2. The number of benzene rings is 1. The lowest BCUT2D eigenvalue weighted by Gasteiger charge is -2.29. The van der Waals surface area contributed by atoms with Gasteiger partial charge in [-0.25, -0.2) is 8.42 Å². The van der Waals surface area contributed by atoms with Crippen molar-refractivity contribution in [2.24, 2.45) is 5.92 Å². The fourth-order valence-electron chi connectivity index (χ4n) is 2.43. The van der Waals surface area contributed by atoms with Gasteiger partial charge in [0.25, 0.3) is 0 Å². The van der Waals surface area contributed by atoms with Crippen LogP contribution in [0.3, 0.4) is 0 Å². The molecule has 7 heteroatoms. The summed E-state index contributed by atoms with van der Waals surface area (Å²) in [7, 11) is -3.69. The van der Waals surface area contributed by atoms with Crippen LogP contribution in [0.25, 0.3) is 0 Å². The van der Waals surface area contributed by atoms with Gasteiger partial charge in [-0.1, -0.05) is 6.07 Å². The van der Waals surface area contributed by atoms with Crippen molar-refractivity contribution in [2.45, 2.75) is 24.7 Å². The van der Waals surface area contributed by atoms with Crippen LogP contribution in [0.2, 0.25) is 0 Å². The van der Waals surface area contributed by atoms with Crippen molar-refractivity contribution in [1.82, 2.24) is 4.31 Å². The topological polar surface area (TPSA) is 98.5 Å². The van der Waals surface area contributed by atoms with Crippen molar-refractivity contribution in [3.63, 3.8) is 0 Å². The second kappa shape index (κ2) is 5.84. The van der Waals surface area contributed by atoms with Gasteiger partial charge in [-0.05, 0) is 37.5 Å². The lowest BCUT2D eigenvalue weighted by Crippen LogP contribution is -2.40. The van der Waals surface area contributed by atoms with Crippen LogP contribution in [0.1, 0.15) is 24.0 Å². The van der Waals surface area contributed by atoms with Crippen molar-refractivity contribution < 1.29 is 18.3 Å². The molecule has 0 spiro atoms. The predicted octanol–water partition coefficient (Wildman–Crippen LogP) is 1.35. The van der Waals surface area contributed by atoms with E-state index in [0.29, 0.717) is 24.0 Å². The monoisotopic (exact) mass is 308 g/mol. The molecule has 0 amide bonds. The lowest BCUT2D eigenvalue weighted by molar-refractivity contribution is -0.142. The molecule has 0 unspecified atom stereocenters. The van der Waals surface area contributed by atoms with E-state index in [4.69, 9.17) is 10.4 Å². The van der Waals surface area contributed by atoms with Crippen molar-refractivity contribution in [3.8, 4) is 6.07 Å². The summed E-state index contributed by atoms with van der Waals surface area (Å²) < 4.78 is 26.5. The Kier molecular flexibility index (Phi) is 4.30.